The summed E-state index contributed by atoms with van der Waals surface area (Å²) in [6.45, 7) is 0.324. The summed E-state index contributed by atoms with van der Waals surface area (Å²) in [5.74, 6) is -0.431. The molecule has 0 saturated heterocycles. The molecule has 0 saturated carbocycles. The highest BCUT2D eigenvalue weighted by Crippen LogP contribution is 2.09. The Morgan fingerprint density at radius 3 is 2.25 bits per heavy atom. The number of carbonyl (C=O) groups excluding carboxylic acids is 2. The minimum absolute atomic E-state index is 0.324. The van der Waals surface area contributed by atoms with Gasteiger partial charge in [-0.25, -0.2) is 4.79 Å². The van der Waals surface area contributed by atoms with Gasteiger partial charge >= 0.3 is 6.03 Å². The van der Waals surface area contributed by atoms with Crippen molar-refractivity contribution >= 4 is 23.5 Å². The van der Waals surface area contributed by atoms with Crippen molar-refractivity contribution in [2.45, 2.75) is 6.54 Å². The van der Waals surface area contributed by atoms with Crippen LogP contribution in [-0.2, 0) is 6.54 Å². The molecular formula is C15H13ClN2O2. The summed E-state index contributed by atoms with van der Waals surface area (Å²) in [7, 11) is 0. The quantitative estimate of drug-likeness (QED) is 0.912. The predicted octanol–water partition coefficient (Wildman–Crippen LogP) is 2.98. The molecule has 2 rings (SSSR count). The molecule has 0 aliphatic rings. The highest BCUT2D eigenvalue weighted by Gasteiger charge is 2.08. The molecule has 2 aromatic carbocycles. The Kier molecular flexibility index (Phi) is 4.74. The molecule has 0 unspecified atom stereocenters. The van der Waals surface area contributed by atoms with E-state index in [-0.39, 0.29) is 0 Å². The highest BCUT2D eigenvalue weighted by atomic mass is 35.5. The summed E-state index contributed by atoms with van der Waals surface area (Å²) >= 11 is 5.77. The van der Waals surface area contributed by atoms with Gasteiger partial charge in [0.25, 0.3) is 5.91 Å². The van der Waals surface area contributed by atoms with Gasteiger partial charge in [0.1, 0.15) is 0 Å². The summed E-state index contributed by atoms with van der Waals surface area (Å²) in [6, 6.07) is 15.1. The number of nitrogens with one attached hydrogen (secondary N) is 2. The van der Waals surface area contributed by atoms with Gasteiger partial charge in [0.05, 0.1) is 0 Å². The second-order valence-corrected chi connectivity index (χ2v) is 4.57. The maximum atomic E-state index is 11.7. The zero-order valence-corrected chi connectivity index (χ0v) is 11.4. The number of carbonyl (C=O) groups is 2. The van der Waals surface area contributed by atoms with Crippen LogP contribution < -0.4 is 10.6 Å². The number of rotatable bonds is 3. The van der Waals surface area contributed by atoms with Crippen LogP contribution >= 0.6 is 11.6 Å². The van der Waals surface area contributed by atoms with Crippen LogP contribution in [0.5, 0.6) is 0 Å². The Labute approximate surface area is 121 Å². The van der Waals surface area contributed by atoms with Crippen molar-refractivity contribution < 1.29 is 9.59 Å². The number of hydrogen-bond donors (Lipinski definition) is 2. The number of amides is 3. The van der Waals surface area contributed by atoms with Crippen molar-refractivity contribution in [2.75, 3.05) is 0 Å². The second-order valence-electron chi connectivity index (χ2n) is 4.13. The van der Waals surface area contributed by atoms with Gasteiger partial charge < -0.3 is 5.32 Å². The molecule has 0 aliphatic carbocycles. The fourth-order valence-corrected chi connectivity index (χ4v) is 1.72. The lowest BCUT2D eigenvalue weighted by Gasteiger charge is -2.07. The van der Waals surface area contributed by atoms with Crippen LogP contribution in [0.3, 0.4) is 0 Å². The zero-order chi connectivity index (χ0) is 14.4. The van der Waals surface area contributed by atoms with E-state index in [4.69, 9.17) is 11.6 Å². The molecule has 2 aromatic rings. The number of halogens is 1. The number of imide groups is 1. The Morgan fingerprint density at radius 1 is 0.950 bits per heavy atom. The molecule has 102 valence electrons. The Hall–Kier alpha value is -2.33. The molecule has 0 aliphatic heterocycles. The van der Waals surface area contributed by atoms with Crippen LogP contribution in [0.2, 0.25) is 5.02 Å². The Balaban J connectivity index is 1.84. The largest absolute Gasteiger partial charge is 0.334 e. The summed E-state index contributed by atoms with van der Waals surface area (Å²) in [5, 5.41) is 5.50. The van der Waals surface area contributed by atoms with E-state index in [1.54, 1.807) is 42.5 Å². The van der Waals surface area contributed by atoms with Crippen LogP contribution in [-0.4, -0.2) is 11.9 Å². The van der Waals surface area contributed by atoms with Crippen molar-refractivity contribution in [2.24, 2.45) is 0 Å². The van der Waals surface area contributed by atoms with E-state index in [1.165, 1.54) is 0 Å². The fourth-order valence-electron chi connectivity index (χ4n) is 1.59. The van der Waals surface area contributed by atoms with Crippen molar-refractivity contribution in [1.82, 2.24) is 10.6 Å². The maximum Gasteiger partial charge on any atom is 0.321 e. The van der Waals surface area contributed by atoms with E-state index < -0.39 is 11.9 Å². The van der Waals surface area contributed by atoms with E-state index in [1.807, 2.05) is 12.1 Å². The third kappa shape index (κ3) is 4.10. The average molecular weight is 289 g/mol. The monoisotopic (exact) mass is 288 g/mol. The normalized spacial score (nSPS) is 9.85. The molecule has 0 heterocycles. The van der Waals surface area contributed by atoms with E-state index in [9.17, 15) is 9.59 Å². The molecule has 4 nitrogen and oxygen atoms in total. The van der Waals surface area contributed by atoms with Crippen molar-refractivity contribution in [3.63, 3.8) is 0 Å². The van der Waals surface area contributed by atoms with Crippen LogP contribution in [0.4, 0.5) is 4.79 Å². The third-order valence-corrected chi connectivity index (χ3v) is 2.88. The van der Waals surface area contributed by atoms with Crippen molar-refractivity contribution in [1.29, 1.82) is 0 Å². The van der Waals surface area contributed by atoms with Gasteiger partial charge in [0.2, 0.25) is 0 Å². The molecule has 5 heteroatoms. The van der Waals surface area contributed by atoms with Gasteiger partial charge in [0, 0.05) is 17.1 Å². The molecular weight excluding hydrogens is 276 g/mol. The first kappa shape index (κ1) is 14.1. The molecule has 0 atom stereocenters. The van der Waals surface area contributed by atoms with Crippen LogP contribution in [0.1, 0.15) is 15.9 Å². The molecule has 2 N–H and O–H groups in total. The van der Waals surface area contributed by atoms with Gasteiger partial charge in [-0.3, -0.25) is 10.1 Å². The fraction of sp³-hybridized carbons (Fsp3) is 0.0667. The standard InChI is InChI=1S/C15H13ClN2O2/c16-13-8-6-11(7-9-13)10-17-15(20)18-14(19)12-4-2-1-3-5-12/h1-9H,10H2,(H2,17,18,19,20). The summed E-state index contributed by atoms with van der Waals surface area (Å²) < 4.78 is 0. The topological polar surface area (TPSA) is 58.2 Å². The van der Waals surface area contributed by atoms with Crippen molar-refractivity contribution in [3.05, 3.63) is 70.7 Å². The highest BCUT2D eigenvalue weighted by molar-refractivity contribution is 6.30. The number of benzene rings is 2. The van der Waals surface area contributed by atoms with Crippen LogP contribution in [0, 0.1) is 0 Å². The molecule has 3 amide bonds. The van der Waals surface area contributed by atoms with E-state index in [0.717, 1.165) is 5.56 Å². The lowest BCUT2D eigenvalue weighted by atomic mass is 10.2. The Bertz CT molecular complexity index is 597. The molecule has 0 radical (unpaired) electrons. The number of urea groups is 1. The van der Waals surface area contributed by atoms with Crippen LogP contribution in [0.15, 0.2) is 54.6 Å². The summed E-state index contributed by atoms with van der Waals surface area (Å²) in [4.78, 5) is 23.3. The Morgan fingerprint density at radius 2 is 1.60 bits per heavy atom. The maximum absolute atomic E-state index is 11.7. The van der Waals surface area contributed by atoms with E-state index in [0.29, 0.717) is 17.1 Å². The van der Waals surface area contributed by atoms with Crippen molar-refractivity contribution in [3.8, 4) is 0 Å². The van der Waals surface area contributed by atoms with E-state index in [2.05, 4.69) is 10.6 Å². The zero-order valence-electron chi connectivity index (χ0n) is 10.6. The molecule has 0 bridgehead atoms. The first-order chi connectivity index (χ1) is 9.65. The molecule has 20 heavy (non-hydrogen) atoms. The number of hydrogen-bond acceptors (Lipinski definition) is 2. The van der Waals surface area contributed by atoms with Gasteiger partial charge in [-0.15, -0.1) is 0 Å². The first-order valence-electron chi connectivity index (χ1n) is 6.04. The molecule has 0 spiro atoms. The van der Waals surface area contributed by atoms with Gasteiger partial charge in [-0.1, -0.05) is 41.9 Å². The summed E-state index contributed by atoms with van der Waals surface area (Å²) in [6.07, 6.45) is 0. The second kappa shape index (κ2) is 6.73. The third-order valence-electron chi connectivity index (χ3n) is 2.63. The van der Waals surface area contributed by atoms with E-state index >= 15 is 0 Å². The SMILES string of the molecule is O=C(NCc1ccc(Cl)cc1)NC(=O)c1ccccc1. The molecule has 0 aromatic heterocycles. The minimum Gasteiger partial charge on any atom is -0.334 e. The predicted molar refractivity (Wildman–Crippen MR) is 77.6 cm³/mol. The average Bonchev–Trinajstić information content (AvgIpc) is 2.47. The van der Waals surface area contributed by atoms with Crippen LogP contribution in [0.25, 0.3) is 0 Å². The van der Waals surface area contributed by atoms with Gasteiger partial charge in [-0.2, -0.15) is 0 Å². The summed E-state index contributed by atoms with van der Waals surface area (Å²) in [5.41, 5.74) is 1.34. The molecule has 0 fully saturated rings. The smallest absolute Gasteiger partial charge is 0.321 e. The lowest BCUT2D eigenvalue weighted by Crippen LogP contribution is -2.39. The minimum atomic E-state index is -0.534. The van der Waals surface area contributed by atoms with Gasteiger partial charge in [-0.05, 0) is 29.8 Å². The van der Waals surface area contributed by atoms with Gasteiger partial charge in [0.15, 0.2) is 0 Å². The first-order valence-corrected chi connectivity index (χ1v) is 6.41. The lowest BCUT2D eigenvalue weighted by molar-refractivity contribution is 0.0964.